The van der Waals surface area contributed by atoms with Gasteiger partial charge < -0.3 is 4.74 Å². The van der Waals surface area contributed by atoms with E-state index in [0.29, 0.717) is 11.5 Å². The van der Waals surface area contributed by atoms with Crippen LogP contribution in [0.15, 0.2) is 36.1 Å². The van der Waals surface area contributed by atoms with Crippen molar-refractivity contribution in [1.82, 2.24) is 0 Å². The fraction of sp³-hybridized carbons (Fsp3) is 0.625. The van der Waals surface area contributed by atoms with Crippen LogP contribution in [0.5, 0.6) is 0 Å². The first kappa shape index (κ1) is 14.1. The Morgan fingerprint density at radius 3 is 2.41 bits per heavy atom. The van der Waals surface area contributed by atoms with Crippen molar-refractivity contribution in [3.8, 4) is 0 Å². The Kier molecular flexibility index (Phi) is 5.04. The van der Waals surface area contributed by atoms with Gasteiger partial charge in [0, 0.05) is 0 Å². The van der Waals surface area contributed by atoms with Gasteiger partial charge >= 0.3 is 0 Å². The summed E-state index contributed by atoms with van der Waals surface area (Å²) in [6, 6.07) is 0. The van der Waals surface area contributed by atoms with Gasteiger partial charge in [0.2, 0.25) is 0 Å². The van der Waals surface area contributed by atoms with Crippen molar-refractivity contribution >= 4 is 0 Å². The van der Waals surface area contributed by atoms with Gasteiger partial charge in [-0.25, -0.2) is 0 Å². The predicted octanol–water partition coefficient (Wildman–Crippen LogP) is 5.01. The van der Waals surface area contributed by atoms with Crippen LogP contribution in [0.25, 0.3) is 0 Å². The van der Waals surface area contributed by atoms with Crippen molar-refractivity contribution in [3.63, 3.8) is 0 Å². The van der Waals surface area contributed by atoms with Gasteiger partial charge in [-0.05, 0) is 56.6 Å². The molecule has 0 unspecified atom stereocenters. The van der Waals surface area contributed by atoms with Gasteiger partial charge in [0.25, 0.3) is 0 Å². The molecule has 1 saturated carbocycles. The molecule has 0 amide bonds. The van der Waals surface area contributed by atoms with Crippen LogP contribution < -0.4 is 0 Å². The van der Waals surface area contributed by atoms with E-state index < -0.39 is 0 Å². The molecule has 0 radical (unpaired) electrons. The van der Waals surface area contributed by atoms with E-state index in [4.69, 9.17) is 4.74 Å². The minimum absolute atomic E-state index is 0.366. The van der Waals surface area contributed by atoms with E-state index in [-0.39, 0.29) is 0 Å². The summed E-state index contributed by atoms with van der Waals surface area (Å²) in [6.07, 6.45) is 11.3. The largest absolute Gasteiger partial charge is 0.491 e. The average Bonchev–Trinajstić information content (AvgIpc) is 2.21. The first-order chi connectivity index (χ1) is 7.93. The molecular formula is C16H26O. The molecule has 0 bridgehead atoms. The highest BCUT2D eigenvalue weighted by Gasteiger charge is 2.27. The van der Waals surface area contributed by atoms with Crippen LogP contribution in [0.3, 0.4) is 0 Å². The van der Waals surface area contributed by atoms with E-state index in [9.17, 15) is 0 Å². The van der Waals surface area contributed by atoms with Gasteiger partial charge in [0.15, 0.2) is 0 Å². The van der Waals surface area contributed by atoms with Gasteiger partial charge in [0.05, 0.1) is 6.10 Å². The zero-order valence-electron chi connectivity index (χ0n) is 11.8. The van der Waals surface area contributed by atoms with Crippen molar-refractivity contribution in [2.24, 2.45) is 5.41 Å². The highest BCUT2D eigenvalue weighted by Crippen LogP contribution is 2.36. The first-order valence-corrected chi connectivity index (χ1v) is 6.59. The van der Waals surface area contributed by atoms with Crippen LogP contribution in [0.1, 0.15) is 53.4 Å². The van der Waals surface area contributed by atoms with Crippen molar-refractivity contribution in [1.29, 1.82) is 0 Å². The quantitative estimate of drug-likeness (QED) is 0.491. The summed E-state index contributed by atoms with van der Waals surface area (Å²) in [5.74, 6) is 0.797. The lowest BCUT2D eigenvalue weighted by atomic mass is 9.76. The SMILES string of the molecule is C=C(/C=C(C)/C=C\C)OC1CCC(C)(C)CC1. The number of hydrogen-bond acceptors (Lipinski definition) is 1. The molecule has 0 spiro atoms. The Hall–Kier alpha value is -0.980. The summed E-state index contributed by atoms with van der Waals surface area (Å²) < 4.78 is 5.90. The molecule has 1 fully saturated rings. The molecule has 0 aromatic heterocycles. The van der Waals surface area contributed by atoms with Crippen LogP contribution in [0.4, 0.5) is 0 Å². The van der Waals surface area contributed by atoms with E-state index >= 15 is 0 Å². The lowest BCUT2D eigenvalue weighted by molar-refractivity contribution is 0.0533. The Morgan fingerprint density at radius 1 is 1.29 bits per heavy atom. The molecule has 96 valence electrons. The molecule has 1 heteroatoms. The van der Waals surface area contributed by atoms with Crippen molar-refractivity contribution in [2.75, 3.05) is 0 Å². The molecule has 0 atom stereocenters. The van der Waals surface area contributed by atoms with Gasteiger partial charge in [-0.15, -0.1) is 0 Å². The average molecular weight is 234 g/mol. The molecule has 1 nitrogen and oxygen atoms in total. The topological polar surface area (TPSA) is 9.23 Å². The van der Waals surface area contributed by atoms with E-state index in [0.717, 1.165) is 18.6 Å². The summed E-state index contributed by atoms with van der Waals surface area (Å²) in [5, 5.41) is 0. The fourth-order valence-corrected chi connectivity index (χ4v) is 2.30. The maximum Gasteiger partial charge on any atom is 0.112 e. The summed E-state index contributed by atoms with van der Waals surface area (Å²) in [6.45, 7) is 12.7. The summed E-state index contributed by atoms with van der Waals surface area (Å²) in [4.78, 5) is 0. The van der Waals surface area contributed by atoms with Gasteiger partial charge in [0.1, 0.15) is 5.76 Å². The normalized spacial score (nSPS) is 21.8. The van der Waals surface area contributed by atoms with E-state index in [1.54, 1.807) is 0 Å². The van der Waals surface area contributed by atoms with Crippen LogP contribution in [0.2, 0.25) is 0 Å². The van der Waals surface area contributed by atoms with E-state index in [1.807, 2.05) is 19.1 Å². The summed E-state index contributed by atoms with van der Waals surface area (Å²) >= 11 is 0. The maximum atomic E-state index is 5.90. The maximum absolute atomic E-state index is 5.90. The Labute approximate surface area is 106 Å². The van der Waals surface area contributed by atoms with Gasteiger partial charge in [-0.1, -0.05) is 32.6 Å². The van der Waals surface area contributed by atoms with E-state index in [1.165, 1.54) is 18.4 Å². The number of allylic oxidation sites excluding steroid dienone is 4. The lowest BCUT2D eigenvalue weighted by Crippen LogP contribution is -2.26. The minimum atomic E-state index is 0.366. The van der Waals surface area contributed by atoms with Gasteiger partial charge in [-0.2, -0.15) is 0 Å². The zero-order valence-corrected chi connectivity index (χ0v) is 11.8. The second-order valence-electron chi connectivity index (χ2n) is 5.84. The first-order valence-electron chi connectivity index (χ1n) is 6.59. The molecule has 0 aromatic carbocycles. The van der Waals surface area contributed by atoms with Crippen LogP contribution in [-0.4, -0.2) is 6.10 Å². The Bertz CT molecular complexity index is 310. The highest BCUT2D eigenvalue weighted by molar-refractivity contribution is 5.23. The van der Waals surface area contributed by atoms with Crippen LogP contribution in [0, 0.1) is 5.41 Å². The highest BCUT2D eigenvalue weighted by atomic mass is 16.5. The molecule has 1 aliphatic rings. The second-order valence-corrected chi connectivity index (χ2v) is 5.84. The van der Waals surface area contributed by atoms with Crippen LogP contribution in [-0.2, 0) is 4.74 Å². The van der Waals surface area contributed by atoms with Crippen LogP contribution >= 0.6 is 0 Å². The summed E-state index contributed by atoms with van der Waals surface area (Å²) in [5.41, 5.74) is 1.69. The third-order valence-corrected chi connectivity index (χ3v) is 3.42. The smallest absolute Gasteiger partial charge is 0.112 e. The third-order valence-electron chi connectivity index (χ3n) is 3.42. The lowest BCUT2D eigenvalue weighted by Gasteiger charge is -2.34. The molecule has 0 aliphatic heterocycles. The Balaban J connectivity index is 2.41. The minimum Gasteiger partial charge on any atom is -0.491 e. The molecule has 0 heterocycles. The molecule has 1 aliphatic carbocycles. The summed E-state index contributed by atoms with van der Waals surface area (Å²) in [7, 11) is 0. The zero-order chi connectivity index (χ0) is 12.9. The van der Waals surface area contributed by atoms with Gasteiger partial charge in [-0.3, -0.25) is 0 Å². The molecule has 1 rings (SSSR count). The van der Waals surface area contributed by atoms with E-state index in [2.05, 4.69) is 33.4 Å². The molecule has 17 heavy (non-hydrogen) atoms. The van der Waals surface area contributed by atoms with Crippen molar-refractivity contribution in [3.05, 3.63) is 36.1 Å². The molecule has 0 N–H and O–H groups in total. The number of ether oxygens (including phenoxy) is 1. The second kappa shape index (κ2) is 6.09. The Morgan fingerprint density at radius 2 is 1.88 bits per heavy atom. The molecular weight excluding hydrogens is 208 g/mol. The molecule has 0 aromatic rings. The predicted molar refractivity (Wildman–Crippen MR) is 74.8 cm³/mol. The van der Waals surface area contributed by atoms with Crippen molar-refractivity contribution in [2.45, 2.75) is 59.5 Å². The standard InChI is InChI=1S/C16H26O/c1-6-7-13(2)12-14(3)17-15-8-10-16(4,5)11-9-15/h6-7,12,15H,3,8-11H2,1-2,4-5H3/b7-6-,13-12+. The third kappa shape index (κ3) is 5.25. The number of rotatable bonds is 4. The fourth-order valence-electron chi connectivity index (χ4n) is 2.30. The molecule has 0 saturated heterocycles. The van der Waals surface area contributed by atoms with Crippen molar-refractivity contribution < 1.29 is 4.74 Å². The monoisotopic (exact) mass is 234 g/mol. The number of hydrogen-bond donors (Lipinski definition) is 0.